The van der Waals surface area contributed by atoms with Crippen molar-refractivity contribution < 1.29 is 4.42 Å². The summed E-state index contributed by atoms with van der Waals surface area (Å²) in [6, 6.07) is 9.44. The number of anilines is 1. The van der Waals surface area contributed by atoms with Crippen LogP contribution in [0.3, 0.4) is 0 Å². The number of furan rings is 1. The van der Waals surface area contributed by atoms with Crippen LogP contribution in [-0.2, 0) is 7.05 Å². The van der Waals surface area contributed by atoms with Gasteiger partial charge in [0.05, 0.1) is 11.8 Å². The van der Waals surface area contributed by atoms with Crippen LogP contribution in [0.1, 0.15) is 5.56 Å². The summed E-state index contributed by atoms with van der Waals surface area (Å²) in [6.07, 6.45) is 1.65. The first-order valence-corrected chi connectivity index (χ1v) is 6.58. The van der Waals surface area contributed by atoms with E-state index in [4.69, 9.17) is 21.8 Å². The number of aromatic nitrogens is 2. The van der Waals surface area contributed by atoms with E-state index in [1.165, 1.54) is 0 Å². The zero-order valence-corrected chi connectivity index (χ0v) is 12.0. The zero-order valence-electron chi connectivity index (χ0n) is 11.2. The van der Waals surface area contributed by atoms with Gasteiger partial charge in [-0.25, -0.2) is 0 Å². The fourth-order valence-electron chi connectivity index (χ4n) is 2.21. The molecule has 102 valence electrons. The van der Waals surface area contributed by atoms with Gasteiger partial charge in [0.2, 0.25) is 0 Å². The highest BCUT2D eigenvalue weighted by Crippen LogP contribution is 2.37. The van der Waals surface area contributed by atoms with Crippen molar-refractivity contribution in [1.29, 1.82) is 0 Å². The summed E-state index contributed by atoms with van der Waals surface area (Å²) < 4.78 is 7.20. The molecule has 2 N–H and O–H groups in total. The third kappa shape index (κ3) is 1.98. The van der Waals surface area contributed by atoms with Gasteiger partial charge in [0.1, 0.15) is 11.5 Å². The number of hydrogen-bond acceptors (Lipinski definition) is 3. The first-order valence-electron chi connectivity index (χ1n) is 6.21. The van der Waals surface area contributed by atoms with E-state index in [1.54, 1.807) is 10.9 Å². The maximum Gasteiger partial charge on any atom is 0.157 e. The lowest BCUT2D eigenvalue weighted by molar-refractivity contribution is 0.576. The van der Waals surface area contributed by atoms with Gasteiger partial charge in [-0.05, 0) is 36.2 Å². The van der Waals surface area contributed by atoms with Crippen molar-refractivity contribution >= 4 is 17.4 Å². The molecular weight excluding hydrogens is 274 g/mol. The average molecular weight is 288 g/mol. The van der Waals surface area contributed by atoms with Gasteiger partial charge in [-0.15, -0.1) is 0 Å². The second-order valence-electron chi connectivity index (χ2n) is 4.67. The van der Waals surface area contributed by atoms with Crippen LogP contribution in [0.25, 0.3) is 22.6 Å². The van der Waals surface area contributed by atoms with Gasteiger partial charge in [0.15, 0.2) is 5.76 Å². The predicted octanol–water partition coefficient (Wildman–Crippen LogP) is 3.89. The smallest absolute Gasteiger partial charge is 0.157 e. The quantitative estimate of drug-likeness (QED) is 0.778. The predicted molar refractivity (Wildman–Crippen MR) is 80.5 cm³/mol. The molecule has 0 saturated carbocycles. The number of hydrogen-bond donors (Lipinski definition) is 1. The van der Waals surface area contributed by atoms with Gasteiger partial charge in [-0.2, -0.15) is 5.10 Å². The van der Waals surface area contributed by atoms with Crippen LogP contribution in [0.15, 0.2) is 41.0 Å². The molecular formula is C15H14ClN3O. The van der Waals surface area contributed by atoms with Crippen molar-refractivity contribution in [2.45, 2.75) is 6.92 Å². The van der Waals surface area contributed by atoms with Crippen molar-refractivity contribution in [1.82, 2.24) is 9.78 Å². The Morgan fingerprint density at radius 3 is 2.50 bits per heavy atom. The topological polar surface area (TPSA) is 57.0 Å². The largest absolute Gasteiger partial charge is 0.462 e. The molecule has 0 spiro atoms. The third-order valence-electron chi connectivity index (χ3n) is 3.30. The van der Waals surface area contributed by atoms with Crippen LogP contribution in [-0.4, -0.2) is 9.78 Å². The summed E-state index contributed by atoms with van der Waals surface area (Å²) in [5.41, 5.74) is 9.75. The van der Waals surface area contributed by atoms with Gasteiger partial charge in [0, 0.05) is 12.1 Å². The lowest BCUT2D eigenvalue weighted by Crippen LogP contribution is -1.97. The second kappa shape index (κ2) is 4.72. The first kappa shape index (κ1) is 12.8. The lowest BCUT2D eigenvalue weighted by atomic mass is 10.0. The Bertz CT molecular complexity index is 756. The molecule has 2 aromatic heterocycles. The number of aryl methyl sites for hydroxylation is 2. The lowest BCUT2D eigenvalue weighted by Gasteiger charge is -2.03. The fourth-order valence-corrected chi connectivity index (χ4v) is 2.34. The molecule has 1 aromatic carbocycles. The third-order valence-corrected chi connectivity index (χ3v) is 3.55. The monoisotopic (exact) mass is 287 g/mol. The number of benzene rings is 1. The van der Waals surface area contributed by atoms with Gasteiger partial charge in [0.25, 0.3) is 0 Å². The Hall–Kier alpha value is -2.20. The molecule has 0 fully saturated rings. The summed E-state index contributed by atoms with van der Waals surface area (Å²) in [5.74, 6) is 1.33. The highest BCUT2D eigenvalue weighted by molar-refractivity contribution is 6.30. The Balaban J connectivity index is 2.25. The minimum Gasteiger partial charge on any atom is -0.462 e. The van der Waals surface area contributed by atoms with Crippen LogP contribution < -0.4 is 5.73 Å². The summed E-state index contributed by atoms with van der Waals surface area (Å²) in [4.78, 5) is 0. The molecule has 20 heavy (non-hydrogen) atoms. The average Bonchev–Trinajstić information content (AvgIpc) is 2.96. The van der Waals surface area contributed by atoms with Gasteiger partial charge >= 0.3 is 0 Å². The van der Waals surface area contributed by atoms with E-state index in [-0.39, 0.29) is 0 Å². The van der Waals surface area contributed by atoms with Crippen molar-refractivity contribution in [3.63, 3.8) is 0 Å². The summed E-state index contributed by atoms with van der Waals surface area (Å²) in [5, 5.41) is 5.16. The van der Waals surface area contributed by atoms with E-state index < -0.39 is 0 Å². The molecule has 5 heteroatoms. The zero-order chi connectivity index (χ0) is 14.3. The van der Waals surface area contributed by atoms with E-state index in [2.05, 4.69) is 5.10 Å². The van der Waals surface area contributed by atoms with E-state index in [9.17, 15) is 0 Å². The second-order valence-corrected chi connectivity index (χ2v) is 5.11. The van der Waals surface area contributed by atoms with Crippen LogP contribution >= 0.6 is 11.6 Å². The van der Waals surface area contributed by atoms with Crippen molar-refractivity contribution in [2.24, 2.45) is 7.05 Å². The van der Waals surface area contributed by atoms with E-state index in [0.717, 1.165) is 28.1 Å². The van der Waals surface area contributed by atoms with E-state index in [0.29, 0.717) is 10.8 Å². The summed E-state index contributed by atoms with van der Waals surface area (Å²) in [6.45, 7) is 1.98. The number of nitrogen functional groups attached to an aromatic ring is 1. The molecule has 4 nitrogen and oxygen atoms in total. The van der Waals surface area contributed by atoms with Gasteiger partial charge in [-0.1, -0.05) is 23.7 Å². The molecule has 0 aliphatic rings. The molecule has 0 saturated heterocycles. The van der Waals surface area contributed by atoms with Crippen molar-refractivity contribution in [3.05, 3.63) is 47.2 Å². The Morgan fingerprint density at radius 2 is 1.90 bits per heavy atom. The Kier molecular flexibility index (Phi) is 3.03. The molecule has 0 bridgehead atoms. The van der Waals surface area contributed by atoms with E-state index in [1.807, 2.05) is 44.3 Å². The van der Waals surface area contributed by atoms with Crippen LogP contribution in [0.2, 0.25) is 5.02 Å². The minimum atomic E-state index is 0.595. The number of halogens is 1. The van der Waals surface area contributed by atoms with Crippen LogP contribution in [0, 0.1) is 6.92 Å². The number of nitrogens with two attached hydrogens (primary N) is 1. The number of rotatable bonds is 2. The maximum absolute atomic E-state index is 6.16. The molecule has 3 rings (SSSR count). The van der Waals surface area contributed by atoms with Gasteiger partial charge < -0.3 is 10.2 Å². The van der Waals surface area contributed by atoms with Gasteiger partial charge in [-0.3, -0.25) is 4.68 Å². The molecule has 2 heterocycles. The molecule has 0 radical (unpaired) electrons. The highest BCUT2D eigenvalue weighted by atomic mass is 35.5. The van der Waals surface area contributed by atoms with Crippen LogP contribution in [0.4, 0.5) is 5.82 Å². The van der Waals surface area contributed by atoms with Crippen LogP contribution in [0.5, 0.6) is 0 Å². The maximum atomic E-state index is 6.16. The molecule has 0 atom stereocenters. The standard InChI is InChI=1S/C15H14ClN3O/c1-9-7-8-20-14(9)13-12(15(17)19(2)18-13)10-3-5-11(16)6-4-10/h3-8H,17H2,1-2H3. The Labute approximate surface area is 121 Å². The summed E-state index contributed by atoms with van der Waals surface area (Å²) >= 11 is 5.94. The molecule has 0 aliphatic carbocycles. The van der Waals surface area contributed by atoms with Crippen molar-refractivity contribution in [3.8, 4) is 22.6 Å². The molecule has 0 aliphatic heterocycles. The molecule has 3 aromatic rings. The fraction of sp³-hybridized carbons (Fsp3) is 0.133. The Morgan fingerprint density at radius 1 is 1.20 bits per heavy atom. The van der Waals surface area contributed by atoms with E-state index >= 15 is 0 Å². The molecule has 0 amide bonds. The summed E-state index contributed by atoms with van der Waals surface area (Å²) in [7, 11) is 1.82. The normalized spacial score (nSPS) is 10.9. The van der Waals surface area contributed by atoms with Crippen molar-refractivity contribution in [2.75, 3.05) is 5.73 Å². The first-order chi connectivity index (χ1) is 9.58. The number of nitrogens with zero attached hydrogens (tertiary/aromatic N) is 2. The minimum absolute atomic E-state index is 0.595. The highest BCUT2D eigenvalue weighted by Gasteiger charge is 2.20. The SMILES string of the molecule is Cc1ccoc1-c1nn(C)c(N)c1-c1ccc(Cl)cc1. The molecule has 0 unspecified atom stereocenters.